The van der Waals surface area contributed by atoms with E-state index in [1.54, 1.807) is 50.2 Å². The van der Waals surface area contributed by atoms with E-state index in [9.17, 15) is 14.7 Å². The van der Waals surface area contributed by atoms with E-state index in [2.05, 4.69) is 21.2 Å². The van der Waals surface area contributed by atoms with Crippen molar-refractivity contribution in [1.29, 1.82) is 5.26 Å². The molecule has 0 saturated heterocycles. The van der Waals surface area contributed by atoms with Gasteiger partial charge in [-0.3, -0.25) is 5.43 Å². The highest BCUT2D eigenvalue weighted by molar-refractivity contribution is 5.95. The van der Waals surface area contributed by atoms with E-state index in [1.807, 2.05) is 13.0 Å². The first-order valence-electron chi connectivity index (χ1n) is 12.8. The largest absolute Gasteiger partial charge is 0.490 e. The Hall–Kier alpha value is -4.96. The van der Waals surface area contributed by atoms with Crippen molar-refractivity contribution in [2.45, 2.75) is 33.0 Å². The van der Waals surface area contributed by atoms with E-state index in [1.165, 1.54) is 13.3 Å². The summed E-state index contributed by atoms with van der Waals surface area (Å²) in [7, 11) is 1.27. The minimum absolute atomic E-state index is 0.102. The number of nitriles is 1. The van der Waals surface area contributed by atoms with Gasteiger partial charge in [-0.2, -0.15) is 10.4 Å². The van der Waals surface area contributed by atoms with Gasteiger partial charge >= 0.3 is 12.0 Å². The Balaban J connectivity index is 1.67. The number of hydrogen-bond donors (Lipinski definition) is 4. The molecule has 0 radical (unpaired) electrons. The van der Waals surface area contributed by atoms with Crippen molar-refractivity contribution in [1.82, 2.24) is 16.1 Å². The van der Waals surface area contributed by atoms with E-state index >= 15 is 0 Å². The Morgan fingerprint density at radius 2 is 1.78 bits per heavy atom. The van der Waals surface area contributed by atoms with Crippen LogP contribution >= 0.6 is 0 Å². The molecule has 2 amide bonds. The minimum Gasteiger partial charge on any atom is -0.490 e. The van der Waals surface area contributed by atoms with E-state index in [4.69, 9.17) is 28.9 Å². The van der Waals surface area contributed by atoms with Crippen LogP contribution in [0.1, 0.15) is 37.9 Å². The maximum Gasteiger partial charge on any atom is 0.337 e. The average molecular weight is 568 g/mol. The SMILES string of the molecule is CCOc1cc(/C=N\N[C@@H](O)COc2ccc([C@@H]3NC(=O)NC(C)=C3C(=O)OC)cc2OCC)ccc1OCC#N. The second kappa shape index (κ2) is 15.0. The molecule has 0 aromatic heterocycles. The first-order valence-corrected chi connectivity index (χ1v) is 12.8. The number of allylic oxidation sites excluding steroid dienone is 1. The molecule has 0 unspecified atom stereocenters. The fraction of sp³-hybridized carbons (Fsp3) is 0.357. The summed E-state index contributed by atoms with van der Waals surface area (Å²) in [4.78, 5) is 24.5. The maximum absolute atomic E-state index is 12.4. The van der Waals surface area contributed by atoms with E-state index in [-0.39, 0.29) is 18.8 Å². The first-order chi connectivity index (χ1) is 19.8. The predicted octanol–water partition coefficient (Wildman–Crippen LogP) is 2.51. The van der Waals surface area contributed by atoms with Gasteiger partial charge in [-0.05, 0) is 62.2 Å². The Morgan fingerprint density at radius 1 is 1.10 bits per heavy atom. The molecular weight excluding hydrogens is 534 g/mol. The number of esters is 1. The monoisotopic (exact) mass is 567 g/mol. The molecule has 13 nitrogen and oxygen atoms in total. The van der Waals surface area contributed by atoms with Crippen LogP contribution in [-0.4, -0.2) is 63.1 Å². The number of aliphatic hydroxyl groups excluding tert-OH is 1. The second-order valence-corrected chi connectivity index (χ2v) is 8.50. The summed E-state index contributed by atoms with van der Waals surface area (Å²) in [5, 5.41) is 28.4. The molecular formula is C28H33N5O8. The summed E-state index contributed by atoms with van der Waals surface area (Å²) in [6, 6.07) is 10.8. The summed E-state index contributed by atoms with van der Waals surface area (Å²) in [5.74, 6) is 1.03. The Morgan fingerprint density at radius 3 is 2.46 bits per heavy atom. The lowest BCUT2D eigenvalue weighted by Crippen LogP contribution is -2.45. The summed E-state index contributed by atoms with van der Waals surface area (Å²) < 4.78 is 27.3. The van der Waals surface area contributed by atoms with Crippen LogP contribution in [0.5, 0.6) is 23.0 Å². The Kier molecular flexibility index (Phi) is 11.2. The molecule has 0 bridgehead atoms. The van der Waals surface area contributed by atoms with Crippen molar-refractivity contribution in [3.8, 4) is 29.1 Å². The van der Waals surface area contributed by atoms with Crippen LogP contribution < -0.4 is 35.0 Å². The van der Waals surface area contributed by atoms with Crippen molar-refractivity contribution < 1.29 is 38.4 Å². The molecule has 3 rings (SSSR count). The second-order valence-electron chi connectivity index (χ2n) is 8.50. The van der Waals surface area contributed by atoms with Gasteiger partial charge in [0, 0.05) is 5.70 Å². The molecule has 1 aliphatic rings. The van der Waals surface area contributed by atoms with Crippen LogP contribution in [-0.2, 0) is 9.53 Å². The highest BCUT2D eigenvalue weighted by Gasteiger charge is 2.32. The molecule has 0 saturated carbocycles. The fourth-order valence-electron chi connectivity index (χ4n) is 3.92. The zero-order valence-corrected chi connectivity index (χ0v) is 23.2. The molecule has 1 aliphatic heterocycles. The number of benzene rings is 2. The van der Waals surface area contributed by atoms with Crippen LogP contribution in [0, 0.1) is 11.3 Å². The molecule has 2 atom stereocenters. The van der Waals surface area contributed by atoms with Crippen molar-refractivity contribution >= 4 is 18.2 Å². The lowest BCUT2D eigenvalue weighted by Gasteiger charge is -2.28. The summed E-state index contributed by atoms with van der Waals surface area (Å²) in [6.45, 7) is 5.72. The summed E-state index contributed by atoms with van der Waals surface area (Å²) in [5.41, 5.74) is 4.48. The Labute approximate surface area is 237 Å². The van der Waals surface area contributed by atoms with Crippen LogP contribution in [0.15, 0.2) is 52.8 Å². The zero-order chi connectivity index (χ0) is 29.8. The Bertz CT molecular complexity index is 1340. The van der Waals surface area contributed by atoms with Gasteiger partial charge in [0.05, 0.1) is 38.2 Å². The quantitative estimate of drug-likeness (QED) is 0.115. The van der Waals surface area contributed by atoms with Crippen LogP contribution in [0.4, 0.5) is 4.79 Å². The maximum atomic E-state index is 12.4. The third-order valence-electron chi connectivity index (χ3n) is 5.67. The molecule has 13 heteroatoms. The molecule has 0 aliphatic carbocycles. The van der Waals surface area contributed by atoms with E-state index in [0.717, 1.165) is 0 Å². The molecule has 2 aromatic rings. The van der Waals surface area contributed by atoms with Crippen molar-refractivity contribution in [2.75, 3.05) is 33.5 Å². The number of carbonyl (C=O) groups is 2. The minimum atomic E-state index is -1.16. The molecule has 0 fully saturated rings. The highest BCUT2D eigenvalue weighted by Crippen LogP contribution is 2.35. The number of rotatable bonds is 14. The topological polar surface area (TPSA) is 173 Å². The first kappa shape index (κ1) is 30.6. The molecule has 218 valence electrons. The zero-order valence-electron chi connectivity index (χ0n) is 23.2. The van der Waals surface area contributed by atoms with E-state index in [0.29, 0.717) is 53.0 Å². The number of hydrazone groups is 1. The standard InChI is InChI=1S/C28H33N5O8/c1-5-38-22-13-18(7-9-20(22)40-12-11-29)15-30-33-24(34)16-41-21-10-8-19(14-23(21)39-6-2)26-25(27(35)37-4)17(3)31-28(36)32-26/h7-10,13-15,24,26,33-34H,5-6,12,16H2,1-4H3,(H2,31,32,36)/b30-15-/t24-,26-/m0/s1. The van der Waals surface area contributed by atoms with Crippen molar-refractivity contribution in [3.63, 3.8) is 0 Å². The molecule has 1 heterocycles. The van der Waals surface area contributed by atoms with Gasteiger partial charge in [-0.25, -0.2) is 9.59 Å². The number of nitrogens with zero attached hydrogens (tertiary/aromatic N) is 2. The number of carbonyl (C=O) groups excluding carboxylic acids is 2. The van der Waals surface area contributed by atoms with Crippen molar-refractivity contribution in [2.24, 2.45) is 5.10 Å². The van der Waals surface area contributed by atoms with Crippen molar-refractivity contribution in [3.05, 3.63) is 58.8 Å². The number of hydrogen-bond acceptors (Lipinski definition) is 11. The summed E-state index contributed by atoms with van der Waals surface area (Å²) in [6.07, 6.45) is 0.326. The average Bonchev–Trinajstić information content (AvgIpc) is 2.95. The number of urea groups is 1. The molecule has 4 N–H and O–H groups in total. The fourth-order valence-corrected chi connectivity index (χ4v) is 3.92. The third-order valence-corrected chi connectivity index (χ3v) is 5.67. The van der Waals surface area contributed by atoms with Crippen LogP contribution in [0.3, 0.4) is 0 Å². The lowest BCUT2D eigenvalue weighted by molar-refractivity contribution is -0.136. The van der Waals surface area contributed by atoms with Gasteiger partial charge < -0.3 is 39.4 Å². The summed E-state index contributed by atoms with van der Waals surface area (Å²) >= 11 is 0. The molecule has 0 spiro atoms. The lowest BCUT2D eigenvalue weighted by atomic mass is 9.95. The van der Waals surface area contributed by atoms with Gasteiger partial charge in [0.15, 0.2) is 35.8 Å². The van der Waals surface area contributed by atoms with Gasteiger partial charge in [-0.1, -0.05) is 6.07 Å². The molecule has 41 heavy (non-hydrogen) atoms. The number of methoxy groups -OCH3 is 1. The smallest absolute Gasteiger partial charge is 0.337 e. The highest BCUT2D eigenvalue weighted by atomic mass is 16.5. The number of amides is 2. The van der Waals surface area contributed by atoms with Gasteiger partial charge in [0.2, 0.25) is 0 Å². The predicted molar refractivity (Wildman–Crippen MR) is 148 cm³/mol. The normalized spacial score (nSPS) is 15.3. The number of nitrogens with one attached hydrogen (secondary N) is 3. The van der Waals surface area contributed by atoms with Crippen LogP contribution in [0.2, 0.25) is 0 Å². The van der Waals surface area contributed by atoms with Crippen LogP contribution in [0.25, 0.3) is 0 Å². The molecule has 2 aromatic carbocycles. The van der Waals surface area contributed by atoms with Gasteiger partial charge in [0.1, 0.15) is 12.7 Å². The third kappa shape index (κ3) is 8.26. The number of ether oxygens (including phenoxy) is 5. The van der Waals surface area contributed by atoms with E-state index < -0.39 is 24.3 Å². The van der Waals surface area contributed by atoms with Gasteiger partial charge in [0.25, 0.3) is 0 Å². The number of aliphatic hydroxyl groups is 1. The van der Waals surface area contributed by atoms with Gasteiger partial charge in [-0.15, -0.1) is 0 Å².